The molecule has 18 heavy (non-hydrogen) atoms. The first kappa shape index (κ1) is 9.76. The fourth-order valence-electron chi connectivity index (χ4n) is 2.86. The number of rotatable bonds is 0. The van der Waals surface area contributed by atoms with Crippen LogP contribution in [0, 0.1) is 0 Å². The Balaban J connectivity index is 1.83. The largest absolute Gasteiger partial charge is 0.321 e. The van der Waals surface area contributed by atoms with Gasteiger partial charge in [-0.15, -0.1) is 0 Å². The molecule has 4 heterocycles. The van der Waals surface area contributed by atoms with Gasteiger partial charge in [0.25, 0.3) is 0 Å². The molecular formula is C12H12N4O2. The summed E-state index contributed by atoms with van der Waals surface area (Å²) in [6, 6.07) is 7.79. The third-order valence-electron chi connectivity index (χ3n) is 3.75. The van der Waals surface area contributed by atoms with E-state index in [1.54, 1.807) is 9.80 Å². The van der Waals surface area contributed by atoms with E-state index in [0.717, 1.165) is 11.1 Å². The summed E-state index contributed by atoms with van der Waals surface area (Å²) >= 11 is 0. The molecule has 0 unspecified atom stereocenters. The SMILES string of the molecule is O=C1NC2NC(=O)N3Cc4ccc(cc4)CN1C23. The lowest BCUT2D eigenvalue weighted by atomic mass is 10.1. The molecule has 6 nitrogen and oxygen atoms in total. The smallest absolute Gasteiger partial charge is 0.314 e. The van der Waals surface area contributed by atoms with Gasteiger partial charge in [-0.1, -0.05) is 24.3 Å². The zero-order chi connectivity index (χ0) is 12.3. The zero-order valence-corrected chi connectivity index (χ0v) is 9.59. The van der Waals surface area contributed by atoms with Gasteiger partial charge in [-0.2, -0.15) is 0 Å². The van der Waals surface area contributed by atoms with E-state index in [2.05, 4.69) is 10.6 Å². The van der Waals surface area contributed by atoms with Crippen LogP contribution in [0.25, 0.3) is 0 Å². The van der Waals surface area contributed by atoms with Crippen LogP contribution in [0.4, 0.5) is 9.59 Å². The topological polar surface area (TPSA) is 64.7 Å². The number of nitrogens with zero attached hydrogens (tertiary/aromatic N) is 2. The Hall–Kier alpha value is -2.24. The van der Waals surface area contributed by atoms with Gasteiger partial charge in [-0.25, -0.2) is 9.59 Å². The van der Waals surface area contributed by atoms with Gasteiger partial charge in [0.05, 0.1) is 0 Å². The summed E-state index contributed by atoms with van der Waals surface area (Å²) in [5.41, 5.74) is 2.16. The number of carbonyl (C=O) groups is 2. The van der Waals surface area contributed by atoms with Crippen molar-refractivity contribution in [2.45, 2.75) is 25.4 Å². The molecule has 0 aliphatic carbocycles. The third kappa shape index (κ3) is 1.17. The van der Waals surface area contributed by atoms with Gasteiger partial charge in [0.1, 0.15) is 12.3 Å². The van der Waals surface area contributed by atoms with Crippen LogP contribution in [0.15, 0.2) is 24.3 Å². The summed E-state index contributed by atoms with van der Waals surface area (Å²) in [6.45, 7) is 1.05. The Morgan fingerprint density at radius 2 is 1.33 bits per heavy atom. The quantitative estimate of drug-likeness (QED) is 0.694. The molecule has 4 amide bonds. The summed E-state index contributed by atoms with van der Waals surface area (Å²) in [5.74, 6) is 0. The highest BCUT2D eigenvalue weighted by molar-refractivity contribution is 5.85. The number of benzene rings is 1. The Morgan fingerprint density at radius 1 is 0.889 bits per heavy atom. The van der Waals surface area contributed by atoms with Crippen molar-refractivity contribution in [3.8, 4) is 0 Å². The normalized spacial score (nSPS) is 28.4. The molecule has 0 aromatic heterocycles. The molecule has 4 aliphatic heterocycles. The van der Waals surface area contributed by atoms with Gasteiger partial charge in [0.2, 0.25) is 0 Å². The van der Waals surface area contributed by atoms with Gasteiger partial charge in [-0.05, 0) is 11.1 Å². The molecule has 0 saturated carbocycles. The maximum atomic E-state index is 11.9. The molecule has 1 aromatic carbocycles. The summed E-state index contributed by atoms with van der Waals surface area (Å²) in [6.07, 6.45) is -0.529. The van der Waals surface area contributed by atoms with Crippen molar-refractivity contribution in [1.82, 2.24) is 20.4 Å². The lowest BCUT2D eigenvalue weighted by Crippen LogP contribution is -2.45. The predicted molar refractivity (Wildman–Crippen MR) is 62.2 cm³/mol. The highest BCUT2D eigenvalue weighted by Gasteiger charge is 2.50. The third-order valence-corrected chi connectivity index (χ3v) is 3.75. The van der Waals surface area contributed by atoms with E-state index in [4.69, 9.17) is 0 Å². The summed E-state index contributed by atoms with van der Waals surface area (Å²) < 4.78 is 0. The molecule has 1 aromatic rings. The molecule has 0 radical (unpaired) electrons. The average Bonchev–Trinajstić information content (AvgIpc) is 2.84. The zero-order valence-electron chi connectivity index (χ0n) is 9.59. The maximum Gasteiger partial charge on any atom is 0.321 e. The first-order valence-electron chi connectivity index (χ1n) is 5.94. The maximum absolute atomic E-state index is 11.9. The van der Waals surface area contributed by atoms with E-state index in [1.165, 1.54) is 0 Å². The van der Waals surface area contributed by atoms with Crippen LogP contribution in [0.1, 0.15) is 11.1 Å². The van der Waals surface area contributed by atoms with E-state index in [0.29, 0.717) is 13.1 Å². The van der Waals surface area contributed by atoms with E-state index in [9.17, 15) is 9.59 Å². The summed E-state index contributed by atoms with van der Waals surface area (Å²) in [5, 5.41) is 5.59. The van der Waals surface area contributed by atoms with E-state index in [1.807, 2.05) is 24.3 Å². The molecule has 0 spiro atoms. The van der Waals surface area contributed by atoms with Crippen LogP contribution in [0.2, 0.25) is 0 Å². The number of hydrogen-bond acceptors (Lipinski definition) is 2. The van der Waals surface area contributed by atoms with Gasteiger partial charge in [0.15, 0.2) is 0 Å². The second-order valence-corrected chi connectivity index (χ2v) is 4.86. The van der Waals surface area contributed by atoms with Gasteiger partial charge in [-0.3, -0.25) is 9.80 Å². The summed E-state index contributed by atoms with van der Waals surface area (Å²) in [4.78, 5) is 27.3. The molecule has 5 rings (SSSR count). The minimum absolute atomic E-state index is 0.125. The Labute approximate surface area is 104 Å². The summed E-state index contributed by atoms with van der Waals surface area (Å²) in [7, 11) is 0. The Bertz CT molecular complexity index is 495. The average molecular weight is 244 g/mol. The molecule has 2 fully saturated rings. The van der Waals surface area contributed by atoms with Crippen molar-refractivity contribution in [3.63, 3.8) is 0 Å². The minimum Gasteiger partial charge on any atom is -0.314 e. The lowest BCUT2D eigenvalue weighted by molar-refractivity contribution is 0.122. The molecule has 2 saturated heterocycles. The monoisotopic (exact) mass is 244 g/mol. The number of nitrogens with one attached hydrogen (secondary N) is 2. The van der Waals surface area contributed by atoms with Crippen LogP contribution in [-0.4, -0.2) is 34.2 Å². The lowest BCUT2D eigenvalue weighted by Gasteiger charge is -2.28. The standard InChI is InChI=1S/C12H12N4O2/c17-11-13-9-10-15(11)5-7-1-2-8(4-3-7)6-16(10)12(18)14-9/h1-4,9-10H,5-6H2,(H,13,17)(H,14,18). The van der Waals surface area contributed by atoms with Gasteiger partial charge >= 0.3 is 12.1 Å². The highest BCUT2D eigenvalue weighted by Crippen LogP contribution is 2.27. The van der Waals surface area contributed by atoms with Crippen LogP contribution >= 0.6 is 0 Å². The van der Waals surface area contributed by atoms with Gasteiger partial charge < -0.3 is 10.6 Å². The second-order valence-electron chi connectivity index (χ2n) is 4.86. The fourth-order valence-corrected chi connectivity index (χ4v) is 2.86. The number of hydrogen-bond donors (Lipinski definition) is 2. The Morgan fingerprint density at radius 3 is 1.78 bits per heavy atom. The number of amides is 4. The highest BCUT2D eigenvalue weighted by atomic mass is 16.2. The van der Waals surface area contributed by atoms with Crippen LogP contribution in [0.3, 0.4) is 0 Å². The van der Waals surface area contributed by atoms with Crippen molar-refractivity contribution < 1.29 is 9.59 Å². The molecule has 2 N–H and O–H groups in total. The van der Waals surface area contributed by atoms with Crippen molar-refractivity contribution >= 4 is 12.1 Å². The van der Waals surface area contributed by atoms with Crippen molar-refractivity contribution in [2.24, 2.45) is 0 Å². The molecule has 4 aliphatic rings. The van der Waals surface area contributed by atoms with E-state index >= 15 is 0 Å². The minimum atomic E-state index is -0.302. The molecule has 0 atom stereocenters. The van der Waals surface area contributed by atoms with Gasteiger partial charge in [0, 0.05) is 13.1 Å². The fraction of sp³-hybridized carbons (Fsp3) is 0.333. The predicted octanol–water partition coefficient (Wildman–Crippen LogP) is 0.403. The van der Waals surface area contributed by atoms with E-state index in [-0.39, 0.29) is 24.4 Å². The number of carbonyl (C=O) groups excluding carboxylic acids is 2. The molecule has 2 bridgehead atoms. The van der Waals surface area contributed by atoms with Crippen LogP contribution < -0.4 is 10.6 Å². The van der Waals surface area contributed by atoms with Crippen LogP contribution in [-0.2, 0) is 13.1 Å². The number of urea groups is 2. The Kier molecular flexibility index (Phi) is 1.71. The van der Waals surface area contributed by atoms with Crippen LogP contribution in [0.5, 0.6) is 0 Å². The molecular weight excluding hydrogens is 232 g/mol. The second kappa shape index (κ2) is 3.16. The van der Waals surface area contributed by atoms with Crippen molar-refractivity contribution in [2.75, 3.05) is 0 Å². The first-order chi connectivity index (χ1) is 8.72. The molecule has 92 valence electrons. The first-order valence-corrected chi connectivity index (χ1v) is 5.94. The van der Waals surface area contributed by atoms with E-state index < -0.39 is 0 Å². The van der Waals surface area contributed by atoms with Crippen molar-refractivity contribution in [3.05, 3.63) is 35.4 Å². The number of fused-ring (bicyclic) bond motifs is 2. The van der Waals surface area contributed by atoms with Crippen molar-refractivity contribution in [1.29, 1.82) is 0 Å². The molecule has 6 heteroatoms.